The van der Waals surface area contributed by atoms with Crippen molar-refractivity contribution in [2.45, 2.75) is 45.2 Å². The Bertz CT molecular complexity index is 771. The Labute approximate surface area is 129 Å². The second kappa shape index (κ2) is 5.55. The molecule has 0 saturated carbocycles. The fraction of sp³-hybridized carbons (Fsp3) is 0.471. The van der Waals surface area contributed by atoms with Crippen LogP contribution >= 0.6 is 0 Å². The van der Waals surface area contributed by atoms with Crippen LogP contribution in [0.15, 0.2) is 29.2 Å². The number of amides is 1. The molecule has 22 heavy (non-hydrogen) atoms. The van der Waals surface area contributed by atoms with Crippen LogP contribution in [-0.4, -0.2) is 32.4 Å². The number of aryl methyl sites for hydroxylation is 1. The maximum atomic E-state index is 12.9. The predicted octanol–water partition coefficient (Wildman–Crippen LogP) is 2.34. The third-order valence-corrected chi connectivity index (χ3v) is 4.63. The molecule has 0 aliphatic carbocycles. The lowest BCUT2D eigenvalue weighted by Crippen LogP contribution is -2.49. The van der Waals surface area contributed by atoms with Crippen molar-refractivity contribution >= 4 is 16.9 Å². The molecule has 1 fully saturated rings. The summed E-state index contributed by atoms with van der Waals surface area (Å²) in [6.07, 6.45) is 4.76. The predicted molar refractivity (Wildman–Crippen MR) is 85.9 cm³/mol. The van der Waals surface area contributed by atoms with E-state index in [9.17, 15) is 9.59 Å². The quantitative estimate of drug-likeness (QED) is 0.812. The van der Waals surface area contributed by atoms with Gasteiger partial charge in [0.1, 0.15) is 11.2 Å². The summed E-state index contributed by atoms with van der Waals surface area (Å²) in [5.74, 6) is -0.161. The van der Waals surface area contributed by atoms with E-state index in [-0.39, 0.29) is 29.1 Å². The number of hydrogen-bond donors (Lipinski definition) is 0. The fourth-order valence-electron chi connectivity index (χ4n) is 3.41. The summed E-state index contributed by atoms with van der Waals surface area (Å²) < 4.78 is 1.46. The highest BCUT2D eigenvalue weighted by Gasteiger charge is 2.31. The SMILES string of the molecule is C[C@@H]1CCC[C@H](C)N1C(=O)c1cc2cccnc2n(C)c1=O. The Balaban J connectivity index is 2.11. The van der Waals surface area contributed by atoms with Gasteiger partial charge < -0.3 is 4.90 Å². The van der Waals surface area contributed by atoms with Gasteiger partial charge in [0, 0.05) is 30.7 Å². The molecule has 2 atom stereocenters. The van der Waals surface area contributed by atoms with Crippen molar-refractivity contribution in [3.8, 4) is 0 Å². The van der Waals surface area contributed by atoms with Crippen LogP contribution in [0, 0.1) is 0 Å². The van der Waals surface area contributed by atoms with Gasteiger partial charge in [0.05, 0.1) is 0 Å². The van der Waals surface area contributed by atoms with Crippen LogP contribution < -0.4 is 5.56 Å². The molecule has 0 unspecified atom stereocenters. The third kappa shape index (κ3) is 2.30. The van der Waals surface area contributed by atoms with Crippen molar-refractivity contribution in [3.63, 3.8) is 0 Å². The Morgan fingerprint density at radius 2 is 1.95 bits per heavy atom. The van der Waals surface area contributed by atoms with Crippen molar-refractivity contribution in [1.29, 1.82) is 0 Å². The first-order chi connectivity index (χ1) is 10.5. The Morgan fingerprint density at radius 3 is 2.64 bits per heavy atom. The molecule has 1 amide bonds. The van der Waals surface area contributed by atoms with Gasteiger partial charge in [-0.25, -0.2) is 4.98 Å². The fourth-order valence-corrected chi connectivity index (χ4v) is 3.41. The van der Waals surface area contributed by atoms with Gasteiger partial charge in [-0.05, 0) is 51.3 Å². The lowest BCUT2D eigenvalue weighted by atomic mass is 9.96. The molecule has 2 aromatic heterocycles. The van der Waals surface area contributed by atoms with E-state index in [0.29, 0.717) is 5.65 Å². The van der Waals surface area contributed by atoms with Crippen LogP contribution in [-0.2, 0) is 7.05 Å². The minimum absolute atomic E-state index is 0.161. The zero-order valence-electron chi connectivity index (χ0n) is 13.2. The van der Waals surface area contributed by atoms with Crippen LogP contribution in [0.4, 0.5) is 0 Å². The van der Waals surface area contributed by atoms with Crippen LogP contribution in [0.5, 0.6) is 0 Å². The number of likely N-dealkylation sites (tertiary alicyclic amines) is 1. The van der Waals surface area contributed by atoms with Gasteiger partial charge >= 0.3 is 0 Å². The largest absolute Gasteiger partial charge is 0.333 e. The highest BCUT2D eigenvalue weighted by Crippen LogP contribution is 2.24. The van der Waals surface area contributed by atoms with E-state index in [4.69, 9.17) is 0 Å². The van der Waals surface area contributed by atoms with Gasteiger partial charge in [-0.3, -0.25) is 14.2 Å². The molecule has 116 valence electrons. The first-order valence-electron chi connectivity index (χ1n) is 7.78. The average Bonchev–Trinajstić information content (AvgIpc) is 2.50. The number of carbonyl (C=O) groups is 1. The van der Waals surface area contributed by atoms with Crippen molar-refractivity contribution < 1.29 is 4.79 Å². The normalized spacial score (nSPS) is 22.0. The zero-order chi connectivity index (χ0) is 15.9. The molecule has 2 aromatic rings. The van der Waals surface area contributed by atoms with Crippen LogP contribution in [0.2, 0.25) is 0 Å². The van der Waals surface area contributed by atoms with Gasteiger partial charge in [-0.2, -0.15) is 0 Å². The van der Waals surface area contributed by atoms with Crippen LogP contribution in [0.1, 0.15) is 43.5 Å². The second-order valence-electron chi connectivity index (χ2n) is 6.18. The van der Waals surface area contributed by atoms with E-state index in [1.165, 1.54) is 4.57 Å². The number of pyridine rings is 2. The van der Waals surface area contributed by atoms with Gasteiger partial charge in [0.15, 0.2) is 0 Å². The molecule has 0 spiro atoms. The van der Waals surface area contributed by atoms with E-state index in [0.717, 1.165) is 24.6 Å². The lowest BCUT2D eigenvalue weighted by molar-refractivity contribution is 0.0508. The van der Waals surface area contributed by atoms with Crippen molar-refractivity contribution in [2.24, 2.45) is 7.05 Å². The summed E-state index contributed by atoms with van der Waals surface area (Å²) in [5, 5.41) is 0.810. The molecule has 1 saturated heterocycles. The maximum Gasteiger partial charge on any atom is 0.264 e. The Morgan fingerprint density at radius 1 is 1.27 bits per heavy atom. The molecule has 1 aliphatic heterocycles. The van der Waals surface area contributed by atoms with E-state index < -0.39 is 0 Å². The average molecular weight is 299 g/mol. The molecule has 5 nitrogen and oxygen atoms in total. The summed E-state index contributed by atoms with van der Waals surface area (Å²) in [4.78, 5) is 31.6. The summed E-state index contributed by atoms with van der Waals surface area (Å²) in [6, 6.07) is 5.71. The van der Waals surface area contributed by atoms with Gasteiger partial charge in [0.2, 0.25) is 0 Å². The molecule has 3 heterocycles. The van der Waals surface area contributed by atoms with Crippen molar-refractivity contribution in [3.05, 3.63) is 40.3 Å². The molecule has 1 aliphatic rings. The number of carbonyl (C=O) groups excluding carboxylic acids is 1. The minimum Gasteiger partial charge on any atom is -0.333 e. The number of rotatable bonds is 1. The molecule has 0 aromatic carbocycles. The Hall–Kier alpha value is -2.17. The van der Waals surface area contributed by atoms with Crippen molar-refractivity contribution in [2.75, 3.05) is 0 Å². The van der Waals surface area contributed by atoms with Crippen LogP contribution in [0.25, 0.3) is 11.0 Å². The molecular formula is C17H21N3O2. The summed E-state index contributed by atoms with van der Waals surface area (Å²) in [5.41, 5.74) is 0.563. The molecule has 0 radical (unpaired) electrons. The van der Waals surface area contributed by atoms with Gasteiger partial charge in [-0.1, -0.05) is 0 Å². The van der Waals surface area contributed by atoms with Crippen LogP contribution in [0.3, 0.4) is 0 Å². The lowest BCUT2D eigenvalue weighted by Gasteiger charge is -2.39. The Kier molecular flexibility index (Phi) is 3.72. The molecule has 0 bridgehead atoms. The first-order valence-corrected chi connectivity index (χ1v) is 7.78. The molecule has 5 heteroatoms. The van der Waals surface area contributed by atoms with E-state index >= 15 is 0 Å². The monoisotopic (exact) mass is 299 g/mol. The number of fused-ring (bicyclic) bond motifs is 1. The second-order valence-corrected chi connectivity index (χ2v) is 6.18. The molecular weight excluding hydrogens is 278 g/mol. The van der Waals surface area contributed by atoms with Crippen molar-refractivity contribution in [1.82, 2.24) is 14.5 Å². The highest BCUT2D eigenvalue weighted by atomic mass is 16.2. The smallest absolute Gasteiger partial charge is 0.264 e. The number of piperidine rings is 1. The first kappa shape index (κ1) is 14.8. The zero-order valence-corrected chi connectivity index (χ0v) is 13.2. The highest BCUT2D eigenvalue weighted by molar-refractivity contribution is 5.97. The number of nitrogens with zero attached hydrogens (tertiary/aromatic N) is 3. The van der Waals surface area contributed by atoms with E-state index in [1.54, 1.807) is 19.3 Å². The van der Waals surface area contributed by atoms with E-state index in [2.05, 4.69) is 18.8 Å². The standard InChI is InChI=1S/C17H21N3O2/c1-11-6-4-7-12(2)20(11)17(22)14-10-13-8-5-9-18-15(13)19(3)16(14)21/h5,8-12H,4,6-7H2,1-3H3/t11-,12+. The topological polar surface area (TPSA) is 55.2 Å². The molecule has 3 rings (SSSR count). The number of hydrogen-bond acceptors (Lipinski definition) is 3. The summed E-state index contributed by atoms with van der Waals surface area (Å²) in [7, 11) is 1.66. The molecule has 0 N–H and O–H groups in total. The van der Waals surface area contributed by atoms with Gasteiger partial charge in [0.25, 0.3) is 11.5 Å². The summed E-state index contributed by atoms with van der Waals surface area (Å²) >= 11 is 0. The maximum absolute atomic E-state index is 12.9. The van der Waals surface area contributed by atoms with E-state index in [1.807, 2.05) is 17.0 Å². The third-order valence-electron chi connectivity index (χ3n) is 4.63. The number of aromatic nitrogens is 2. The van der Waals surface area contributed by atoms with Gasteiger partial charge in [-0.15, -0.1) is 0 Å². The summed E-state index contributed by atoms with van der Waals surface area (Å²) in [6.45, 7) is 4.11. The minimum atomic E-state index is -0.277.